The molecule has 0 radical (unpaired) electrons. The highest BCUT2D eigenvalue weighted by Gasteiger charge is 2.25. The molecule has 0 heterocycles. The first-order valence-electron chi connectivity index (χ1n) is 7.22. The molecular weight excluding hydrogens is 314 g/mol. The van der Waals surface area contributed by atoms with Crippen LogP contribution in [0.25, 0.3) is 0 Å². The third-order valence-corrected chi connectivity index (χ3v) is 5.24. The minimum Gasteiger partial charge on any atom is -0.478 e. The van der Waals surface area contributed by atoms with Gasteiger partial charge in [0.2, 0.25) is 0 Å². The lowest BCUT2D eigenvalue weighted by Gasteiger charge is -2.16. The smallest absolute Gasteiger partial charge is 0.337 e. The van der Waals surface area contributed by atoms with Crippen LogP contribution in [0.5, 0.6) is 0 Å². The number of nitrogens with one attached hydrogen (secondary N) is 1. The van der Waals surface area contributed by atoms with Gasteiger partial charge in [0, 0.05) is 0 Å². The lowest BCUT2D eigenvalue weighted by atomic mass is 10.1. The zero-order valence-corrected chi connectivity index (χ0v) is 14.1. The summed E-state index contributed by atoms with van der Waals surface area (Å²) >= 11 is 0. The number of anilines is 1. The third kappa shape index (κ3) is 3.37. The molecule has 0 spiro atoms. The summed E-state index contributed by atoms with van der Waals surface area (Å²) in [6, 6.07) is 9.93. The number of carbonyl (C=O) groups is 1. The molecule has 0 aliphatic rings. The Bertz CT molecular complexity index is 857. The van der Waals surface area contributed by atoms with E-state index in [2.05, 4.69) is 4.72 Å². The maximum absolute atomic E-state index is 12.8. The molecule has 2 aromatic rings. The van der Waals surface area contributed by atoms with E-state index in [0.29, 0.717) is 17.7 Å². The summed E-state index contributed by atoms with van der Waals surface area (Å²) in [7, 11) is -4.01. The molecule has 0 amide bonds. The molecule has 23 heavy (non-hydrogen) atoms. The van der Waals surface area contributed by atoms with Crippen molar-refractivity contribution in [2.75, 3.05) is 4.72 Å². The van der Waals surface area contributed by atoms with Gasteiger partial charge >= 0.3 is 5.97 Å². The van der Waals surface area contributed by atoms with Crippen molar-refractivity contribution in [3.8, 4) is 0 Å². The van der Waals surface area contributed by atoms with E-state index in [1.165, 1.54) is 12.1 Å². The van der Waals surface area contributed by atoms with Crippen molar-refractivity contribution in [2.45, 2.75) is 32.1 Å². The predicted molar refractivity (Wildman–Crippen MR) is 89.5 cm³/mol. The van der Waals surface area contributed by atoms with Gasteiger partial charge in [-0.05, 0) is 43.0 Å². The number of para-hydroxylation sites is 1. The second-order valence-electron chi connectivity index (χ2n) is 5.32. The number of sulfonamides is 1. The maximum atomic E-state index is 12.8. The minimum absolute atomic E-state index is 0.196. The number of aryl methyl sites for hydroxylation is 3. The average Bonchev–Trinajstić information content (AvgIpc) is 2.48. The highest BCUT2D eigenvalue weighted by Crippen LogP contribution is 2.27. The fraction of sp³-hybridized carbons (Fsp3) is 0.235. The fourth-order valence-corrected chi connectivity index (χ4v) is 4.13. The van der Waals surface area contributed by atoms with E-state index in [-0.39, 0.29) is 10.5 Å². The van der Waals surface area contributed by atoms with Crippen molar-refractivity contribution in [3.63, 3.8) is 0 Å². The molecule has 0 saturated heterocycles. The van der Waals surface area contributed by atoms with Crippen LogP contribution in [0.15, 0.2) is 41.3 Å². The van der Waals surface area contributed by atoms with E-state index in [4.69, 9.17) is 0 Å². The summed E-state index contributed by atoms with van der Waals surface area (Å²) in [6.45, 7) is 5.33. The molecule has 0 bridgehead atoms. The van der Waals surface area contributed by atoms with Crippen LogP contribution in [0.1, 0.15) is 34.0 Å². The Balaban J connectivity index is 2.60. The van der Waals surface area contributed by atoms with Gasteiger partial charge in [0.15, 0.2) is 0 Å². The van der Waals surface area contributed by atoms with Crippen molar-refractivity contribution < 1.29 is 18.3 Å². The van der Waals surface area contributed by atoms with E-state index in [9.17, 15) is 18.3 Å². The molecule has 0 saturated carbocycles. The van der Waals surface area contributed by atoms with Gasteiger partial charge < -0.3 is 5.11 Å². The molecule has 0 atom stereocenters. The summed E-state index contributed by atoms with van der Waals surface area (Å²) in [5.74, 6) is -1.27. The fourth-order valence-electron chi connectivity index (χ4n) is 2.53. The van der Waals surface area contributed by atoms with Gasteiger partial charge in [0.05, 0.1) is 11.3 Å². The number of hydrogen-bond acceptors (Lipinski definition) is 3. The summed E-state index contributed by atoms with van der Waals surface area (Å²) in [5, 5.41) is 9.28. The van der Waals surface area contributed by atoms with Crippen LogP contribution in [0.4, 0.5) is 5.69 Å². The first-order valence-corrected chi connectivity index (χ1v) is 8.70. The Kier molecular flexibility index (Phi) is 4.75. The maximum Gasteiger partial charge on any atom is 0.337 e. The molecular formula is C17H19NO4S. The lowest BCUT2D eigenvalue weighted by Crippen LogP contribution is -2.19. The Morgan fingerprint density at radius 3 is 2.30 bits per heavy atom. The topological polar surface area (TPSA) is 83.5 Å². The molecule has 2 aromatic carbocycles. The number of carboxylic acid groups (broad SMARTS) is 1. The molecule has 2 rings (SSSR count). The number of hydrogen-bond donors (Lipinski definition) is 2. The molecule has 122 valence electrons. The summed E-state index contributed by atoms with van der Waals surface area (Å²) < 4.78 is 28.2. The van der Waals surface area contributed by atoms with Gasteiger partial charge in [-0.1, -0.05) is 37.3 Å². The van der Waals surface area contributed by atoms with E-state index < -0.39 is 16.0 Å². The van der Waals surface area contributed by atoms with Crippen molar-refractivity contribution in [3.05, 3.63) is 58.7 Å². The van der Waals surface area contributed by atoms with Crippen molar-refractivity contribution in [2.24, 2.45) is 0 Å². The van der Waals surface area contributed by atoms with Gasteiger partial charge in [-0.2, -0.15) is 0 Å². The van der Waals surface area contributed by atoms with Crippen LogP contribution in [0.3, 0.4) is 0 Å². The monoisotopic (exact) mass is 333 g/mol. The first kappa shape index (κ1) is 17.0. The predicted octanol–water partition coefficient (Wildman–Crippen LogP) is 3.36. The van der Waals surface area contributed by atoms with Crippen molar-refractivity contribution in [1.82, 2.24) is 0 Å². The Morgan fingerprint density at radius 1 is 1.09 bits per heavy atom. The SMILES string of the molecule is CCc1cccc(C)c1NS(=O)(=O)c1c(C)cccc1C(=O)O. The Labute approximate surface area is 136 Å². The molecule has 0 aliphatic heterocycles. The normalized spacial score (nSPS) is 11.3. The average molecular weight is 333 g/mol. The van der Waals surface area contributed by atoms with Crippen LogP contribution >= 0.6 is 0 Å². The Hall–Kier alpha value is -2.34. The molecule has 6 heteroatoms. The Morgan fingerprint density at radius 2 is 1.70 bits per heavy atom. The third-order valence-electron chi connectivity index (χ3n) is 3.69. The van der Waals surface area contributed by atoms with E-state index >= 15 is 0 Å². The van der Waals surface area contributed by atoms with Crippen LogP contribution in [-0.4, -0.2) is 19.5 Å². The largest absolute Gasteiger partial charge is 0.478 e. The van der Waals surface area contributed by atoms with E-state index in [1.807, 2.05) is 32.0 Å². The molecule has 0 aromatic heterocycles. The summed E-state index contributed by atoms with van der Waals surface area (Å²) in [5.41, 5.74) is 2.32. The minimum atomic E-state index is -4.01. The highest BCUT2D eigenvalue weighted by atomic mass is 32.2. The zero-order chi connectivity index (χ0) is 17.2. The first-order chi connectivity index (χ1) is 10.8. The quantitative estimate of drug-likeness (QED) is 0.879. The second kappa shape index (κ2) is 6.42. The van der Waals surface area contributed by atoms with E-state index in [0.717, 1.165) is 11.1 Å². The van der Waals surface area contributed by atoms with Gasteiger partial charge in [-0.15, -0.1) is 0 Å². The molecule has 0 fully saturated rings. The van der Waals surface area contributed by atoms with Gasteiger partial charge in [0.25, 0.3) is 10.0 Å². The summed E-state index contributed by atoms with van der Waals surface area (Å²) in [6.07, 6.45) is 0.666. The molecule has 0 unspecified atom stereocenters. The lowest BCUT2D eigenvalue weighted by molar-refractivity contribution is 0.0692. The van der Waals surface area contributed by atoms with Crippen LogP contribution in [-0.2, 0) is 16.4 Å². The van der Waals surface area contributed by atoms with Gasteiger partial charge in [-0.3, -0.25) is 4.72 Å². The van der Waals surface area contributed by atoms with Crippen molar-refractivity contribution >= 4 is 21.7 Å². The molecule has 2 N–H and O–H groups in total. The zero-order valence-electron chi connectivity index (χ0n) is 13.3. The number of benzene rings is 2. The van der Waals surface area contributed by atoms with Gasteiger partial charge in [-0.25, -0.2) is 13.2 Å². The van der Waals surface area contributed by atoms with E-state index in [1.54, 1.807) is 13.0 Å². The second-order valence-corrected chi connectivity index (χ2v) is 6.94. The van der Waals surface area contributed by atoms with Crippen LogP contribution < -0.4 is 4.72 Å². The molecule has 5 nitrogen and oxygen atoms in total. The number of rotatable bonds is 5. The van der Waals surface area contributed by atoms with Crippen LogP contribution in [0.2, 0.25) is 0 Å². The molecule has 0 aliphatic carbocycles. The highest BCUT2D eigenvalue weighted by molar-refractivity contribution is 7.92. The van der Waals surface area contributed by atoms with Crippen molar-refractivity contribution in [1.29, 1.82) is 0 Å². The van der Waals surface area contributed by atoms with Crippen LogP contribution in [0, 0.1) is 13.8 Å². The number of aromatic carboxylic acids is 1. The summed E-state index contributed by atoms with van der Waals surface area (Å²) in [4.78, 5) is 11.2. The van der Waals surface area contributed by atoms with Gasteiger partial charge in [0.1, 0.15) is 4.90 Å². The standard InChI is InChI=1S/C17H19NO4S/c1-4-13-9-5-7-11(2)15(13)18-23(21,22)16-12(3)8-6-10-14(16)17(19)20/h5-10,18H,4H2,1-3H3,(H,19,20). The number of carboxylic acids is 1.